The lowest BCUT2D eigenvalue weighted by molar-refractivity contribution is -0.148. The Morgan fingerprint density at radius 3 is 2.65 bits per heavy atom. The number of likely N-dealkylation sites (N-methyl/N-ethyl adjacent to an activating group) is 1. The molecular formula is C13H24N2O2. The number of carbonyl (C=O) groups is 1. The summed E-state index contributed by atoms with van der Waals surface area (Å²) < 4.78 is 4.89. The van der Waals surface area contributed by atoms with E-state index in [4.69, 9.17) is 4.74 Å². The van der Waals surface area contributed by atoms with Crippen LogP contribution in [0.25, 0.3) is 0 Å². The van der Waals surface area contributed by atoms with Crippen LogP contribution in [0.5, 0.6) is 0 Å². The van der Waals surface area contributed by atoms with Gasteiger partial charge in [0.1, 0.15) is 0 Å². The minimum absolute atomic E-state index is 0.0346. The fourth-order valence-electron chi connectivity index (χ4n) is 2.89. The van der Waals surface area contributed by atoms with Crippen LogP contribution in [-0.4, -0.2) is 50.2 Å². The largest absolute Gasteiger partial charge is 0.469 e. The maximum Gasteiger partial charge on any atom is 0.310 e. The molecule has 1 aliphatic carbocycles. The van der Waals surface area contributed by atoms with Gasteiger partial charge in [0.05, 0.1) is 13.0 Å². The molecule has 0 spiro atoms. The summed E-state index contributed by atoms with van der Waals surface area (Å²) in [7, 11) is 3.46. The highest BCUT2D eigenvalue weighted by atomic mass is 16.5. The fourth-order valence-corrected chi connectivity index (χ4v) is 2.89. The highest BCUT2D eigenvalue weighted by Crippen LogP contribution is 2.36. The van der Waals surface area contributed by atoms with Gasteiger partial charge in [-0.05, 0) is 39.2 Å². The van der Waals surface area contributed by atoms with Crippen molar-refractivity contribution in [3.05, 3.63) is 0 Å². The topological polar surface area (TPSA) is 41.6 Å². The van der Waals surface area contributed by atoms with Crippen molar-refractivity contribution in [3.8, 4) is 0 Å². The van der Waals surface area contributed by atoms with Gasteiger partial charge < -0.3 is 10.1 Å². The molecule has 3 atom stereocenters. The maximum atomic E-state index is 11.7. The average Bonchev–Trinajstić information content (AvgIpc) is 3.20. The van der Waals surface area contributed by atoms with Crippen molar-refractivity contribution in [2.45, 2.75) is 38.3 Å². The number of rotatable bonds is 4. The normalized spacial score (nSPS) is 32.2. The molecule has 3 unspecified atom stereocenters. The second-order valence-electron chi connectivity index (χ2n) is 5.47. The van der Waals surface area contributed by atoms with Gasteiger partial charge in [0, 0.05) is 25.2 Å². The van der Waals surface area contributed by atoms with E-state index >= 15 is 0 Å². The van der Waals surface area contributed by atoms with Gasteiger partial charge in [-0.25, -0.2) is 0 Å². The van der Waals surface area contributed by atoms with E-state index in [9.17, 15) is 4.79 Å². The molecule has 17 heavy (non-hydrogen) atoms. The number of ether oxygens (including phenoxy) is 1. The second-order valence-corrected chi connectivity index (χ2v) is 5.47. The molecule has 2 aliphatic rings. The minimum atomic E-state index is -0.0575. The summed E-state index contributed by atoms with van der Waals surface area (Å²) >= 11 is 0. The van der Waals surface area contributed by atoms with Crippen LogP contribution in [0.4, 0.5) is 0 Å². The molecule has 1 saturated carbocycles. The zero-order chi connectivity index (χ0) is 12.4. The second kappa shape index (κ2) is 5.36. The molecule has 2 rings (SSSR count). The fraction of sp³-hybridized carbons (Fsp3) is 0.923. The van der Waals surface area contributed by atoms with Crippen molar-refractivity contribution in [2.24, 2.45) is 11.8 Å². The molecule has 0 aromatic carbocycles. The first-order valence-corrected chi connectivity index (χ1v) is 6.64. The molecule has 4 heteroatoms. The number of hydrogen-bond donors (Lipinski definition) is 1. The van der Waals surface area contributed by atoms with Crippen LogP contribution >= 0.6 is 0 Å². The van der Waals surface area contributed by atoms with Gasteiger partial charge in [0.2, 0.25) is 0 Å². The Balaban J connectivity index is 1.98. The van der Waals surface area contributed by atoms with Gasteiger partial charge in [-0.15, -0.1) is 0 Å². The Morgan fingerprint density at radius 1 is 1.41 bits per heavy atom. The Kier molecular flexibility index (Phi) is 4.05. The molecule has 4 nitrogen and oxygen atoms in total. The van der Waals surface area contributed by atoms with Crippen molar-refractivity contribution < 1.29 is 9.53 Å². The number of nitrogens with zero attached hydrogens (tertiary/aromatic N) is 1. The molecule has 1 aliphatic heterocycles. The summed E-state index contributed by atoms with van der Waals surface area (Å²) in [5.74, 6) is 0.828. The lowest BCUT2D eigenvalue weighted by atomic mass is 9.92. The molecule has 0 bridgehead atoms. The van der Waals surface area contributed by atoms with Gasteiger partial charge in [0.25, 0.3) is 0 Å². The molecule has 0 radical (unpaired) electrons. The number of nitrogens with one attached hydrogen (secondary N) is 1. The van der Waals surface area contributed by atoms with E-state index in [1.807, 2.05) is 7.05 Å². The molecular weight excluding hydrogens is 216 g/mol. The first-order chi connectivity index (χ1) is 8.15. The van der Waals surface area contributed by atoms with Crippen LogP contribution in [0, 0.1) is 11.8 Å². The summed E-state index contributed by atoms with van der Waals surface area (Å²) in [5, 5.41) is 3.31. The third kappa shape index (κ3) is 2.99. The smallest absolute Gasteiger partial charge is 0.310 e. The van der Waals surface area contributed by atoms with Crippen LogP contribution in [0.2, 0.25) is 0 Å². The van der Waals surface area contributed by atoms with Crippen LogP contribution in [0.3, 0.4) is 0 Å². The summed E-state index contributed by atoms with van der Waals surface area (Å²) in [6.45, 7) is 4.22. The van der Waals surface area contributed by atoms with Crippen molar-refractivity contribution in [3.63, 3.8) is 0 Å². The van der Waals surface area contributed by atoms with Gasteiger partial charge in [0.15, 0.2) is 0 Å². The molecule has 2 fully saturated rings. The van der Waals surface area contributed by atoms with Crippen LogP contribution in [0.15, 0.2) is 0 Å². The number of methoxy groups -OCH3 is 1. The van der Waals surface area contributed by atoms with Gasteiger partial charge in [-0.3, -0.25) is 9.69 Å². The maximum absolute atomic E-state index is 11.7. The Hall–Kier alpha value is -0.610. The van der Waals surface area contributed by atoms with Crippen LogP contribution in [-0.2, 0) is 9.53 Å². The van der Waals surface area contributed by atoms with Crippen LogP contribution in [0.1, 0.15) is 26.2 Å². The summed E-state index contributed by atoms with van der Waals surface area (Å²) in [4.78, 5) is 14.2. The highest BCUT2D eigenvalue weighted by molar-refractivity contribution is 5.72. The third-order valence-electron chi connectivity index (χ3n) is 4.30. The number of piperidine rings is 1. The molecule has 0 aromatic rings. The minimum Gasteiger partial charge on any atom is -0.469 e. The number of likely N-dealkylation sites (tertiary alicyclic amines) is 1. The van der Waals surface area contributed by atoms with E-state index in [-0.39, 0.29) is 11.9 Å². The number of esters is 1. The predicted molar refractivity (Wildman–Crippen MR) is 66.7 cm³/mol. The van der Waals surface area contributed by atoms with E-state index in [1.165, 1.54) is 20.0 Å². The highest BCUT2D eigenvalue weighted by Gasteiger charge is 2.38. The molecule has 0 amide bonds. The monoisotopic (exact) mass is 240 g/mol. The molecule has 1 saturated heterocycles. The quantitative estimate of drug-likeness (QED) is 0.740. The lowest BCUT2D eigenvalue weighted by Gasteiger charge is -2.40. The SMILES string of the molecule is CNC1CC(C(=O)OC)CN(C(C)C2CC2)C1. The zero-order valence-electron chi connectivity index (χ0n) is 11.1. The molecule has 1 N–H and O–H groups in total. The average molecular weight is 240 g/mol. The Bertz CT molecular complexity index is 279. The Labute approximate surface area is 104 Å². The van der Waals surface area contributed by atoms with E-state index in [2.05, 4.69) is 17.1 Å². The molecule has 0 aromatic heterocycles. The first-order valence-electron chi connectivity index (χ1n) is 6.64. The van der Waals surface area contributed by atoms with E-state index in [1.54, 1.807) is 0 Å². The van der Waals surface area contributed by atoms with Gasteiger partial charge >= 0.3 is 5.97 Å². The summed E-state index contributed by atoms with van der Waals surface area (Å²) in [6, 6.07) is 1.02. The first kappa shape index (κ1) is 12.8. The van der Waals surface area contributed by atoms with Crippen molar-refractivity contribution >= 4 is 5.97 Å². The lowest BCUT2D eigenvalue weighted by Crippen LogP contribution is -2.53. The molecule has 98 valence electrons. The van der Waals surface area contributed by atoms with E-state index in [0.29, 0.717) is 12.1 Å². The predicted octanol–water partition coefficient (Wildman–Crippen LogP) is 0.868. The zero-order valence-corrected chi connectivity index (χ0v) is 11.1. The van der Waals surface area contributed by atoms with Crippen molar-refractivity contribution in [2.75, 3.05) is 27.2 Å². The van der Waals surface area contributed by atoms with Crippen LogP contribution < -0.4 is 5.32 Å². The number of carbonyl (C=O) groups excluding carboxylic acids is 1. The van der Waals surface area contributed by atoms with E-state index < -0.39 is 0 Å². The summed E-state index contributed by atoms with van der Waals surface area (Å²) in [6.07, 6.45) is 3.60. The van der Waals surface area contributed by atoms with Crippen molar-refractivity contribution in [1.29, 1.82) is 0 Å². The standard InChI is InChI=1S/C13H24N2O2/c1-9(10-4-5-10)15-7-11(13(16)17-3)6-12(8-15)14-2/h9-12,14H,4-8H2,1-3H3. The van der Waals surface area contributed by atoms with Gasteiger partial charge in [-0.1, -0.05) is 0 Å². The summed E-state index contributed by atoms with van der Waals surface area (Å²) in [5.41, 5.74) is 0. The van der Waals surface area contributed by atoms with Gasteiger partial charge in [-0.2, -0.15) is 0 Å². The van der Waals surface area contributed by atoms with Crippen molar-refractivity contribution in [1.82, 2.24) is 10.2 Å². The van der Waals surface area contributed by atoms with E-state index in [0.717, 1.165) is 25.4 Å². The Morgan fingerprint density at radius 2 is 2.12 bits per heavy atom. The number of hydrogen-bond acceptors (Lipinski definition) is 4. The molecule has 1 heterocycles. The third-order valence-corrected chi connectivity index (χ3v) is 4.30.